The molecule has 1 heterocycles. The van der Waals surface area contributed by atoms with E-state index in [1.54, 1.807) is 0 Å². The van der Waals surface area contributed by atoms with Crippen LogP contribution in [0.3, 0.4) is 0 Å². The summed E-state index contributed by atoms with van der Waals surface area (Å²) in [4.78, 5) is 0.896. The van der Waals surface area contributed by atoms with Crippen molar-refractivity contribution in [2.75, 3.05) is 0 Å². The number of nitrogens with zero attached hydrogens (tertiary/aromatic N) is 1. The SMILES string of the molecule is CC(C)(C)C1CCC(C#N)(C(O)c2ccc(Br)s2)CC1. The molecule has 1 aromatic rings. The Morgan fingerprint density at radius 1 is 1.40 bits per heavy atom. The van der Waals surface area contributed by atoms with Gasteiger partial charge in [0.05, 0.1) is 15.3 Å². The third-order valence-corrected chi connectivity index (χ3v) is 6.39. The minimum atomic E-state index is -0.662. The maximum Gasteiger partial charge on any atom is 0.107 e. The van der Waals surface area contributed by atoms with E-state index >= 15 is 0 Å². The fourth-order valence-electron chi connectivity index (χ4n) is 3.19. The first-order valence-corrected chi connectivity index (χ1v) is 8.74. The van der Waals surface area contributed by atoms with E-state index in [1.165, 1.54) is 11.3 Å². The van der Waals surface area contributed by atoms with Gasteiger partial charge in [0.2, 0.25) is 0 Å². The quantitative estimate of drug-likeness (QED) is 0.782. The maximum absolute atomic E-state index is 10.7. The zero-order valence-electron chi connectivity index (χ0n) is 12.3. The van der Waals surface area contributed by atoms with Crippen molar-refractivity contribution in [2.24, 2.45) is 16.7 Å². The van der Waals surface area contributed by atoms with Gasteiger partial charge in [-0.05, 0) is 65.1 Å². The lowest BCUT2D eigenvalue weighted by atomic mass is 9.62. The average molecular weight is 356 g/mol. The van der Waals surface area contributed by atoms with Crippen molar-refractivity contribution in [3.63, 3.8) is 0 Å². The first kappa shape index (κ1) is 16.0. The van der Waals surface area contributed by atoms with Crippen molar-refractivity contribution in [1.82, 2.24) is 0 Å². The Morgan fingerprint density at radius 3 is 2.40 bits per heavy atom. The molecular formula is C16H22BrNOS. The zero-order valence-corrected chi connectivity index (χ0v) is 14.7. The van der Waals surface area contributed by atoms with Crippen LogP contribution >= 0.6 is 27.3 Å². The van der Waals surface area contributed by atoms with E-state index in [0.717, 1.165) is 34.3 Å². The monoisotopic (exact) mass is 355 g/mol. The molecule has 1 N–H and O–H groups in total. The van der Waals surface area contributed by atoms with Crippen LogP contribution in [0.25, 0.3) is 0 Å². The lowest BCUT2D eigenvalue weighted by Crippen LogP contribution is -2.35. The van der Waals surface area contributed by atoms with Crippen molar-refractivity contribution >= 4 is 27.3 Å². The smallest absolute Gasteiger partial charge is 0.107 e. The second-order valence-corrected chi connectivity index (χ2v) is 9.45. The number of halogens is 1. The van der Waals surface area contributed by atoms with Gasteiger partial charge in [-0.1, -0.05) is 20.8 Å². The molecule has 1 aliphatic rings. The fourth-order valence-corrected chi connectivity index (χ4v) is 4.72. The molecule has 0 bridgehead atoms. The second-order valence-electron chi connectivity index (χ2n) is 6.95. The second kappa shape index (κ2) is 5.79. The summed E-state index contributed by atoms with van der Waals surface area (Å²) in [6.07, 6.45) is 2.98. The van der Waals surface area contributed by atoms with Crippen molar-refractivity contribution in [3.8, 4) is 6.07 Å². The minimum Gasteiger partial charge on any atom is -0.386 e. The van der Waals surface area contributed by atoms with Gasteiger partial charge in [-0.2, -0.15) is 5.26 Å². The largest absolute Gasteiger partial charge is 0.386 e. The molecule has 1 fully saturated rings. The van der Waals surface area contributed by atoms with Crippen molar-refractivity contribution in [1.29, 1.82) is 5.26 Å². The molecule has 1 aromatic heterocycles. The number of aliphatic hydroxyl groups is 1. The minimum absolute atomic E-state index is 0.290. The van der Waals surface area contributed by atoms with Gasteiger partial charge in [-0.3, -0.25) is 0 Å². The summed E-state index contributed by atoms with van der Waals surface area (Å²) in [7, 11) is 0. The summed E-state index contributed by atoms with van der Waals surface area (Å²) >= 11 is 4.95. The van der Waals surface area contributed by atoms with Gasteiger partial charge in [0.15, 0.2) is 0 Å². The van der Waals surface area contributed by atoms with Gasteiger partial charge >= 0.3 is 0 Å². The highest BCUT2D eigenvalue weighted by Crippen LogP contribution is 2.51. The first-order valence-electron chi connectivity index (χ1n) is 7.13. The zero-order chi connectivity index (χ0) is 15.0. The van der Waals surface area contributed by atoms with Crippen molar-refractivity contribution in [3.05, 3.63) is 20.8 Å². The third kappa shape index (κ3) is 3.10. The first-order chi connectivity index (χ1) is 9.28. The van der Waals surface area contributed by atoms with E-state index in [-0.39, 0.29) is 0 Å². The number of hydrogen-bond donors (Lipinski definition) is 1. The van der Waals surface area contributed by atoms with Crippen LogP contribution in [0.1, 0.15) is 57.4 Å². The molecule has 1 atom stereocenters. The highest BCUT2D eigenvalue weighted by atomic mass is 79.9. The number of hydrogen-bond acceptors (Lipinski definition) is 3. The van der Waals surface area contributed by atoms with E-state index < -0.39 is 11.5 Å². The lowest BCUT2D eigenvalue weighted by Gasteiger charge is -2.42. The Balaban J connectivity index is 2.15. The van der Waals surface area contributed by atoms with Crippen molar-refractivity contribution < 1.29 is 5.11 Å². The number of rotatable bonds is 2. The molecule has 2 rings (SSSR count). The highest BCUT2D eigenvalue weighted by molar-refractivity contribution is 9.11. The molecule has 4 heteroatoms. The molecule has 0 spiro atoms. The van der Waals surface area contributed by atoms with E-state index in [1.807, 2.05) is 12.1 Å². The van der Waals surface area contributed by atoms with Crippen LogP contribution in [0, 0.1) is 28.1 Å². The molecule has 0 aliphatic heterocycles. The molecule has 1 unspecified atom stereocenters. The number of nitriles is 1. The lowest BCUT2D eigenvalue weighted by molar-refractivity contribution is 0.0105. The predicted molar refractivity (Wildman–Crippen MR) is 86.4 cm³/mol. The standard InChI is InChI=1S/C16H22BrNOS/c1-15(2,3)11-6-8-16(10-18,9-7-11)14(19)12-4-5-13(17)20-12/h4-5,11,14,19H,6-9H2,1-3H3. The fraction of sp³-hybridized carbons (Fsp3) is 0.688. The molecule has 0 saturated heterocycles. The van der Waals surface area contributed by atoms with Gasteiger partial charge in [-0.15, -0.1) is 11.3 Å². The third-order valence-electron chi connectivity index (χ3n) is 4.71. The molecule has 110 valence electrons. The number of thiophene rings is 1. The predicted octanol–water partition coefficient (Wildman–Crippen LogP) is 5.29. The highest BCUT2D eigenvalue weighted by Gasteiger charge is 2.44. The topological polar surface area (TPSA) is 44.0 Å². The summed E-state index contributed by atoms with van der Waals surface area (Å²) in [5.41, 5.74) is -0.315. The molecule has 20 heavy (non-hydrogen) atoms. The van der Waals surface area contributed by atoms with Gasteiger partial charge in [-0.25, -0.2) is 0 Å². The Morgan fingerprint density at radius 2 is 2.00 bits per heavy atom. The van der Waals surface area contributed by atoms with Crippen LogP contribution in [0.15, 0.2) is 15.9 Å². The average Bonchev–Trinajstić information content (AvgIpc) is 2.83. The molecule has 0 aromatic carbocycles. The Kier molecular flexibility index (Phi) is 4.63. The summed E-state index contributed by atoms with van der Waals surface area (Å²) in [6, 6.07) is 6.30. The molecule has 0 radical (unpaired) electrons. The normalized spacial score (nSPS) is 28.9. The van der Waals surface area contributed by atoms with Gasteiger partial charge in [0, 0.05) is 4.88 Å². The van der Waals surface area contributed by atoms with Crippen molar-refractivity contribution in [2.45, 2.75) is 52.6 Å². The van der Waals surface area contributed by atoms with Crippen LogP contribution in [-0.4, -0.2) is 5.11 Å². The van der Waals surface area contributed by atoms with E-state index in [2.05, 4.69) is 42.8 Å². The summed E-state index contributed by atoms with van der Waals surface area (Å²) in [5.74, 6) is 0.645. The van der Waals surface area contributed by atoms with Gasteiger partial charge in [0.1, 0.15) is 6.10 Å². The Hall–Kier alpha value is -0.370. The molecule has 2 nitrogen and oxygen atoms in total. The number of aliphatic hydroxyl groups excluding tert-OH is 1. The molecule has 1 aliphatic carbocycles. The van der Waals surface area contributed by atoms with E-state index in [9.17, 15) is 10.4 Å². The van der Waals surface area contributed by atoms with Crippen LogP contribution in [0.2, 0.25) is 0 Å². The van der Waals surface area contributed by atoms with Gasteiger partial charge in [0.25, 0.3) is 0 Å². The maximum atomic E-state index is 10.7. The Bertz CT molecular complexity index is 503. The molecular weight excluding hydrogens is 334 g/mol. The Labute approximate surface area is 133 Å². The van der Waals surface area contributed by atoms with Crippen LogP contribution < -0.4 is 0 Å². The summed E-state index contributed by atoms with van der Waals surface area (Å²) < 4.78 is 1.00. The van der Waals surface area contributed by atoms with Crippen LogP contribution in [-0.2, 0) is 0 Å². The van der Waals surface area contributed by atoms with Crippen LogP contribution in [0.5, 0.6) is 0 Å². The summed E-state index contributed by atoms with van der Waals surface area (Å²) in [6.45, 7) is 6.80. The molecule has 0 amide bonds. The molecule has 1 saturated carbocycles. The van der Waals surface area contributed by atoms with E-state index in [4.69, 9.17) is 0 Å². The van der Waals surface area contributed by atoms with Gasteiger partial charge < -0.3 is 5.11 Å². The summed E-state index contributed by atoms with van der Waals surface area (Å²) in [5, 5.41) is 20.3. The van der Waals surface area contributed by atoms with Crippen LogP contribution in [0.4, 0.5) is 0 Å². The van der Waals surface area contributed by atoms with E-state index in [0.29, 0.717) is 11.3 Å².